The van der Waals surface area contributed by atoms with Gasteiger partial charge in [0, 0.05) is 17.0 Å². The van der Waals surface area contributed by atoms with Crippen LogP contribution in [-0.2, 0) is 0 Å². The van der Waals surface area contributed by atoms with Gasteiger partial charge in [-0.15, -0.1) is 0 Å². The van der Waals surface area contributed by atoms with Crippen LogP contribution in [0.1, 0.15) is 23.5 Å². The fourth-order valence-corrected chi connectivity index (χ4v) is 3.33. The Morgan fingerprint density at radius 2 is 1.90 bits per heavy atom. The molecule has 1 saturated heterocycles. The third kappa shape index (κ3) is 3.37. The lowest BCUT2D eigenvalue weighted by Gasteiger charge is -2.22. The maximum atomic E-state index is 6.05. The van der Waals surface area contributed by atoms with E-state index in [1.807, 2.05) is 18.2 Å². The molecule has 1 aliphatic rings. The second-order valence-corrected chi connectivity index (χ2v) is 6.13. The van der Waals surface area contributed by atoms with Crippen molar-refractivity contribution >= 4 is 17.7 Å². The van der Waals surface area contributed by atoms with Gasteiger partial charge >= 0.3 is 0 Å². The molecule has 3 rings (SSSR count). The van der Waals surface area contributed by atoms with Crippen LogP contribution in [0.5, 0.6) is 0 Å². The summed E-state index contributed by atoms with van der Waals surface area (Å²) in [5, 5.41) is 0.788. The summed E-state index contributed by atoms with van der Waals surface area (Å²) < 4.78 is 0. The predicted molar refractivity (Wildman–Crippen MR) is 90.7 cm³/mol. The van der Waals surface area contributed by atoms with Crippen molar-refractivity contribution in [2.75, 3.05) is 13.6 Å². The van der Waals surface area contributed by atoms with Crippen molar-refractivity contribution in [3.05, 3.63) is 76.8 Å². The Bertz CT molecular complexity index is 620. The predicted octanol–water partition coefficient (Wildman–Crippen LogP) is 4.84. The van der Waals surface area contributed by atoms with Gasteiger partial charge in [-0.05, 0) is 43.3 Å². The third-order valence-corrected chi connectivity index (χ3v) is 4.51. The number of rotatable bonds is 3. The molecule has 2 aromatic carbocycles. The van der Waals surface area contributed by atoms with E-state index in [4.69, 9.17) is 11.6 Å². The molecule has 0 aliphatic carbocycles. The van der Waals surface area contributed by atoms with E-state index in [1.54, 1.807) is 0 Å². The van der Waals surface area contributed by atoms with Gasteiger partial charge in [-0.3, -0.25) is 4.90 Å². The smallest absolute Gasteiger partial charge is 0.0411 e. The van der Waals surface area contributed by atoms with E-state index in [9.17, 15) is 0 Å². The van der Waals surface area contributed by atoms with Gasteiger partial charge in [0.25, 0.3) is 0 Å². The molecule has 108 valence electrons. The molecule has 0 bridgehead atoms. The summed E-state index contributed by atoms with van der Waals surface area (Å²) in [4.78, 5) is 2.43. The normalized spacial score (nSPS) is 23.0. The summed E-state index contributed by atoms with van der Waals surface area (Å²) in [6, 6.07) is 19.3. The summed E-state index contributed by atoms with van der Waals surface area (Å²) in [5.41, 5.74) is 2.59. The maximum Gasteiger partial charge on any atom is 0.0411 e. The van der Waals surface area contributed by atoms with Gasteiger partial charge in [0.1, 0.15) is 0 Å². The van der Waals surface area contributed by atoms with E-state index in [0.717, 1.165) is 17.1 Å². The van der Waals surface area contributed by atoms with Crippen molar-refractivity contribution in [2.45, 2.75) is 18.4 Å². The number of nitrogens with zero attached hydrogens (tertiary/aromatic N) is 1. The fourth-order valence-electron chi connectivity index (χ4n) is 3.13. The van der Waals surface area contributed by atoms with Gasteiger partial charge in [-0.2, -0.15) is 0 Å². The molecule has 0 N–H and O–H groups in total. The van der Waals surface area contributed by atoms with Crippen molar-refractivity contribution in [1.29, 1.82) is 0 Å². The monoisotopic (exact) mass is 297 g/mol. The number of hydrogen-bond acceptors (Lipinski definition) is 1. The Balaban J connectivity index is 1.82. The molecule has 0 amide bonds. The topological polar surface area (TPSA) is 3.24 Å². The first-order valence-electron chi connectivity index (χ1n) is 7.43. The minimum absolute atomic E-state index is 0.450. The third-order valence-electron chi connectivity index (χ3n) is 4.28. The van der Waals surface area contributed by atoms with Crippen molar-refractivity contribution in [3.63, 3.8) is 0 Å². The van der Waals surface area contributed by atoms with Gasteiger partial charge in [0.05, 0.1) is 0 Å². The van der Waals surface area contributed by atoms with Crippen LogP contribution in [0.4, 0.5) is 0 Å². The van der Waals surface area contributed by atoms with Crippen LogP contribution in [0.15, 0.2) is 60.7 Å². The number of likely N-dealkylation sites (N-methyl/N-ethyl adjacent to an activating group) is 1. The average molecular weight is 298 g/mol. The van der Waals surface area contributed by atoms with Crippen LogP contribution in [0.2, 0.25) is 5.02 Å². The Kier molecular flexibility index (Phi) is 4.42. The first-order valence-corrected chi connectivity index (χ1v) is 7.81. The van der Waals surface area contributed by atoms with Gasteiger partial charge in [0.2, 0.25) is 0 Å². The van der Waals surface area contributed by atoms with Gasteiger partial charge in [0.15, 0.2) is 0 Å². The number of benzene rings is 2. The summed E-state index contributed by atoms with van der Waals surface area (Å²) in [6.07, 6.45) is 5.72. The van der Waals surface area contributed by atoms with Crippen LogP contribution in [0.25, 0.3) is 6.08 Å². The van der Waals surface area contributed by atoms with E-state index in [1.165, 1.54) is 12.0 Å². The van der Waals surface area contributed by atoms with Gasteiger partial charge < -0.3 is 0 Å². The Hall–Kier alpha value is -1.57. The molecule has 2 heteroatoms. The summed E-state index contributed by atoms with van der Waals surface area (Å²) in [6.45, 7) is 1.14. The standard InChI is InChI=1S/C19H20ClN/c1-21-13-12-18(16-7-3-2-4-8-16)19(21)11-10-15-6-5-9-17(20)14-15/h2-11,14,18-19H,12-13H2,1H3/b11-10+/t18-,19-/m1/s1. The Morgan fingerprint density at radius 3 is 2.67 bits per heavy atom. The molecule has 0 aromatic heterocycles. The van der Waals surface area contributed by atoms with E-state index in [2.05, 4.69) is 60.5 Å². The molecule has 0 spiro atoms. The molecule has 1 heterocycles. The van der Waals surface area contributed by atoms with E-state index in [0.29, 0.717) is 12.0 Å². The van der Waals surface area contributed by atoms with Crippen molar-refractivity contribution in [1.82, 2.24) is 4.90 Å². The summed E-state index contributed by atoms with van der Waals surface area (Å²) in [5.74, 6) is 0.576. The van der Waals surface area contributed by atoms with Crippen molar-refractivity contribution in [3.8, 4) is 0 Å². The molecular formula is C19H20ClN. The second kappa shape index (κ2) is 6.46. The van der Waals surface area contributed by atoms with Crippen LogP contribution >= 0.6 is 11.6 Å². The highest BCUT2D eigenvalue weighted by molar-refractivity contribution is 6.30. The van der Waals surface area contributed by atoms with E-state index < -0.39 is 0 Å². The van der Waals surface area contributed by atoms with Crippen LogP contribution in [0.3, 0.4) is 0 Å². The number of likely N-dealkylation sites (tertiary alicyclic amines) is 1. The fraction of sp³-hybridized carbons (Fsp3) is 0.263. The molecule has 0 radical (unpaired) electrons. The number of halogens is 1. The minimum Gasteiger partial charge on any atom is -0.299 e. The lowest BCUT2D eigenvalue weighted by molar-refractivity contribution is 0.347. The maximum absolute atomic E-state index is 6.05. The summed E-state index contributed by atoms with van der Waals surface area (Å²) >= 11 is 6.05. The zero-order valence-electron chi connectivity index (χ0n) is 12.2. The average Bonchev–Trinajstić information content (AvgIpc) is 2.87. The van der Waals surface area contributed by atoms with Crippen molar-refractivity contribution in [2.24, 2.45) is 0 Å². The van der Waals surface area contributed by atoms with Gasteiger partial charge in [-0.1, -0.05) is 66.2 Å². The van der Waals surface area contributed by atoms with Crippen LogP contribution in [-0.4, -0.2) is 24.5 Å². The van der Waals surface area contributed by atoms with E-state index in [-0.39, 0.29) is 0 Å². The Labute approximate surface area is 131 Å². The zero-order valence-corrected chi connectivity index (χ0v) is 13.0. The molecule has 21 heavy (non-hydrogen) atoms. The Morgan fingerprint density at radius 1 is 1.10 bits per heavy atom. The van der Waals surface area contributed by atoms with E-state index >= 15 is 0 Å². The first kappa shape index (κ1) is 14.4. The molecular weight excluding hydrogens is 278 g/mol. The molecule has 1 fully saturated rings. The molecule has 1 nitrogen and oxygen atoms in total. The SMILES string of the molecule is CN1CC[C@H](c2ccccc2)[C@H]1/C=C/c1cccc(Cl)c1. The highest BCUT2D eigenvalue weighted by atomic mass is 35.5. The lowest BCUT2D eigenvalue weighted by Crippen LogP contribution is -2.26. The zero-order chi connectivity index (χ0) is 14.7. The van der Waals surface area contributed by atoms with Crippen LogP contribution < -0.4 is 0 Å². The molecule has 2 aromatic rings. The first-order chi connectivity index (χ1) is 10.2. The van der Waals surface area contributed by atoms with Crippen LogP contribution in [0, 0.1) is 0 Å². The number of hydrogen-bond donors (Lipinski definition) is 0. The highest BCUT2D eigenvalue weighted by Gasteiger charge is 2.30. The lowest BCUT2D eigenvalue weighted by atomic mass is 9.91. The van der Waals surface area contributed by atoms with Gasteiger partial charge in [-0.25, -0.2) is 0 Å². The molecule has 2 atom stereocenters. The van der Waals surface area contributed by atoms with Crippen molar-refractivity contribution < 1.29 is 0 Å². The largest absolute Gasteiger partial charge is 0.299 e. The summed E-state index contributed by atoms with van der Waals surface area (Å²) in [7, 11) is 2.20. The molecule has 0 saturated carbocycles. The minimum atomic E-state index is 0.450. The highest BCUT2D eigenvalue weighted by Crippen LogP contribution is 2.33. The molecule has 1 aliphatic heterocycles. The molecule has 0 unspecified atom stereocenters. The second-order valence-electron chi connectivity index (χ2n) is 5.69. The quantitative estimate of drug-likeness (QED) is 0.783.